The molecule has 0 heterocycles. The molecule has 0 aliphatic carbocycles. The summed E-state index contributed by atoms with van der Waals surface area (Å²) in [5.74, 6) is -1.82. The Kier molecular flexibility index (Phi) is 9.19. The third-order valence-electron chi connectivity index (χ3n) is 5.10. The molecule has 0 fully saturated rings. The van der Waals surface area contributed by atoms with E-state index in [9.17, 15) is 27.6 Å². The van der Waals surface area contributed by atoms with Crippen LogP contribution in [0, 0.1) is 13.8 Å². The van der Waals surface area contributed by atoms with Crippen molar-refractivity contribution in [3.8, 4) is 0 Å². The number of amides is 3. The summed E-state index contributed by atoms with van der Waals surface area (Å²) < 4.78 is 38.5. The number of halogens is 3. The highest BCUT2D eigenvalue weighted by Crippen LogP contribution is 2.29. The first-order valence-electron chi connectivity index (χ1n) is 10.6. The van der Waals surface area contributed by atoms with Crippen LogP contribution in [0.2, 0.25) is 0 Å². The Morgan fingerprint density at radius 2 is 1.74 bits per heavy atom. The second-order valence-corrected chi connectivity index (χ2v) is 8.17. The van der Waals surface area contributed by atoms with Gasteiger partial charge >= 0.3 is 6.18 Å². The van der Waals surface area contributed by atoms with Gasteiger partial charge in [0.25, 0.3) is 5.91 Å². The summed E-state index contributed by atoms with van der Waals surface area (Å²) in [6.07, 6.45) is -4.59. The van der Waals surface area contributed by atoms with Crippen molar-refractivity contribution in [2.75, 3.05) is 27.2 Å². The molecule has 3 amide bonds. The van der Waals surface area contributed by atoms with Crippen LogP contribution >= 0.6 is 0 Å². The number of aryl methyl sites for hydroxylation is 2. The van der Waals surface area contributed by atoms with E-state index >= 15 is 0 Å². The van der Waals surface area contributed by atoms with Gasteiger partial charge in [-0.3, -0.25) is 14.4 Å². The van der Waals surface area contributed by atoms with Crippen LogP contribution in [0.5, 0.6) is 0 Å². The SMILES string of the molecule is Cc1ccc(CNC[C@H](NC(=O)CNC(=O)c2cccc(C(F)(F)F)c2)C(=O)N(C)C)c(C)c1. The number of benzene rings is 2. The Balaban J connectivity index is 1.94. The summed E-state index contributed by atoms with van der Waals surface area (Å²) in [7, 11) is 3.11. The number of nitrogens with one attached hydrogen (secondary N) is 3. The lowest BCUT2D eigenvalue weighted by Crippen LogP contribution is -2.53. The lowest BCUT2D eigenvalue weighted by atomic mass is 10.1. The molecule has 1 atom stereocenters. The first kappa shape index (κ1) is 26.8. The first-order valence-corrected chi connectivity index (χ1v) is 10.6. The first-order chi connectivity index (χ1) is 15.9. The maximum atomic E-state index is 12.8. The molecule has 0 unspecified atom stereocenters. The highest BCUT2D eigenvalue weighted by molar-refractivity contribution is 5.97. The Bertz CT molecular complexity index is 1040. The molecule has 2 rings (SSSR count). The molecule has 0 aliphatic rings. The van der Waals surface area contributed by atoms with Crippen molar-refractivity contribution in [1.82, 2.24) is 20.9 Å². The van der Waals surface area contributed by atoms with Gasteiger partial charge < -0.3 is 20.9 Å². The van der Waals surface area contributed by atoms with Crippen LogP contribution in [0.1, 0.15) is 32.6 Å². The number of likely N-dealkylation sites (N-methyl/N-ethyl adjacent to an activating group) is 1. The number of rotatable bonds is 9. The van der Waals surface area contributed by atoms with Crippen molar-refractivity contribution >= 4 is 17.7 Å². The maximum Gasteiger partial charge on any atom is 0.416 e. The number of nitrogens with zero attached hydrogens (tertiary/aromatic N) is 1. The summed E-state index contributed by atoms with van der Waals surface area (Å²) in [5.41, 5.74) is 2.11. The van der Waals surface area contributed by atoms with Crippen LogP contribution in [0.25, 0.3) is 0 Å². The fourth-order valence-corrected chi connectivity index (χ4v) is 3.25. The molecule has 0 spiro atoms. The number of alkyl halides is 3. The molecule has 0 saturated heterocycles. The zero-order valence-corrected chi connectivity index (χ0v) is 19.5. The number of carbonyl (C=O) groups excluding carboxylic acids is 3. The van der Waals surface area contributed by atoms with Gasteiger partial charge in [0.1, 0.15) is 6.04 Å². The van der Waals surface area contributed by atoms with E-state index < -0.39 is 36.1 Å². The van der Waals surface area contributed by atoms with Crippen LogP contribution in [-0.4, -0.2) is 55.8 Å². The van der Waals surface area contributed by atoms with Crippen molar-refractivity contribution in [2.45, 2.75) is 32.6 Å². The van der Waals surface area contributed by atoms with E-state index in [1.165, 1.54) is 11.0 Å². The normalized spacial score (nSPS) is 12.1. The standard InChI is InChI=1S/C24H29F3N4O3/c1-15-8-9-18(16(2)10-15)12-28-13-20(23(34)31(3)4)30-21(32)14-29-22(33)17-6-5-7-19(11-17)24(25,26)27/h5-11,20,28H,12-14H2,1-4H3,(H,29,33)(H,30,32)/t20-/m0/s1. The average molecular weight is 479 g/mol. The van der Waals surface area contributed by atoms with Gasteiger partial charge in [0, 0.05) is 32.7 Å². The molecule has 0 radical (unpaired) electrons. The highest BCUT2D eigenvalue weighted by Gasteiger charge is 2.31. The van der Waals surface area contributed by atoms with Crippen molar-refractivity contribution < 1.29 is 27.6 Å². The van der Waals surface area contributed by atoms with E-state index in [-0.39, 0.29) is 18.0 Å². The number of carbonyl (C=O) groups is 3. The van der Waals surface area contributed by atoms with E-state index in [1.807, 2.05) is 32.0 Å². The fraction of sp³-hybridized carbons (Fsp3) is 0.375. The van der Waals surface area contributed by atoms with Crippen molar-refractivity contribution in [3.63, 3.8) is 0 Å². The van der Waals surface area contributed by atoms with E-state index in [1.54, 1.807) is 14.1 Å². The molecule has 0 aromatic heterocycles. The fourth-order valence-electron chi connectivity index (χ4n) is 3.25. The number of hydrogen-bond acceptors (Lipinski definition) is 4. The molecule has 2 aromatic rings. The molecule has 0 saturated carbocycles. The lowest BCUT2D eigenvalue weighted by Gasteiger charge is -2.22. The van der Waals surface area contributed by atoms with E-state index in [2.05, 4.69) is 16.0 Å². The maximum absolute atomic E-state index is 12.8. The van der Waals surface area contributed by atoms with Crippen LogP contribution in [-0.2, 0) is 22.3 Å². The summed E-state index contributed by atoms with van der Waals surface area (Å²) in [4.78, 5) is 38.4. The Hall–Kier alpha value is -3.40. The molecule has 7 nitrogen and oxygen atoms in total. The van der Waals surface area contributed by atoms with E-state index in [0.717, 1.165) is 28.8 Å². The third-order valence-corrected chi connectivity index (χ3v) is 5.10. The Morgan fingerprint density at radius 3 is 2.35 bits per heavy atom. The summed E-state index contributed by atoms with van der Waals surface area (Å²) in [6, 6.07) is 9.04. The van der Waals surface area contributed by atoms with Crippen LogP contribution in [0.15, 0.2) is 42.5 Å². The lowest BCUT2D eigenvalue weighted by molar-refractivity contribution is -0.137. The smallest absolute Gasteiger partial charge is 0.347 e. The van der Waals surface area contributed by atoms with Gasteiger partial charge in [-0.1, -0.05) is 29.8 Å². The summed E-state index contributed by atoms with van der Waals surface area (Å²) >= 11 is 0. The topological polar surface area (TPSA) is 90.5 Å². The van der Waals surface area contributed by atoms with Crippen LogP contribution < -0.4 is 16.0 Å². The van der Waals surface area contributed by atoms with Gasteiger partial charge in [0.05, 0.1) is 12.1 Å². The van der Waals surface area contributed by atoms with Crippen molar-refractivity contribution in [3.05, 3.63) is 70.3 Å². The van der Waals surface area contributed by atoms with Gasteiger partial charge in [0.15, 0.2) is 0 Å². The summed E-state index contributed by atoms with van der Waals surface area (Å²) in [5, 5.41) is 8.00. The molecule has 184 valence electrons. The third kappa shape index (κ3) is 7.87. The molecule has 0 aliphatic heterocycles. The second kappa shape index (κ2) is 11.6. The highest BCUT2D eigenvalue weighted by atomic mass is 19.4. The molecular weight excluding hydrogens is 449 g/mol. The van der Waals surface area contributed by atoms with Crippen LogP contribution in [0.3, 0.4) is 0 Å². The van der Waals surface area contributed by atoms with Crippen LogP contribution in [0.4, 0.5) is 13.2 Å². The summed E-state index contributed by atoms with van der Waals surface area (Å²) in [6.45, 7) is 4.13. The van der Waals surface area contributed by atoms with Gasteiger partial charge in [-0.15, -0.1) is 0 Å². The van der Waals surface area contributed by atoms with Gasteiger partial charge in [-0.05, 0) is 43.2 Å². The van der Waals surface area contributed by atoms with E-state index in [0.29, 0.717) is 12.6 Å². The molecule has 10 heteroatoms. The number of hydrogen-bond donors (Lipinski definition) is 3. The molecule has 0 bridgehead atoms. The zero-order chi connectivity index (χ0) is 25.5. The van der Waals surface area contributed by atoms with Crippen molar-refractivity contribution in [1.29, 1.82) is 0 Å². The predicted octanol–water partition coefficient (Wildman–Crippen LogP) is 2.41. The Morgan fingerprint density at radius 1 is 1.03 bits per heavy atom. The molecule has 34 heavy (non-hydrogen) atoms. The molecule has 2 aromatic carbocycles. The minimum Gasteiger partial charge on any atom is -0.347 e. The van der Waals surface area contributed by atoms with E-state index in [4.69, 9.17) is 0 Å². The average Bonchev–Trinajstić information content (AvgIpc) is 2.77. The minimum atomic E-state index is -4.59. The van der Waals surface area contributed by atoms with Gasteiger partial charge in [0.2, 0.25) is 11.8 Å². The quantitative estimate of drug-likeness (QED) is 0.516. The molecular formula is C24H29F3N4O3. The monoisotopic (exact) mass is 478 g/mol. The zero-order valence-electron chi connectivity index (χ0n) is 19.5. The van der Waals surface area contributed by atoms with Gasteiger partial charge in [-0.25, -0.2) is 0 Å². The second-order valence-electron chi connectivity index (χ2n) is 8.17. The Labute approximate surface area is 196 Å². The predicted molar refractivity (Wildman–Crippen MR) is 122 cm³/mol. The largest absolute Gasteiger partial charge is 0.416 e. The molecule has 3 N–H and O–H groups in total. The van der Waals surface area contributed by atoms with Crippen molar-refractivity contribution in [2.24, 2.45) is 0 Å². The van der Waals surface area contributed by atoms with Gasteiger partial charge in [-0.2, -0.15) is 13.2 Å². The minimum absolute atomic E-state index is 0.150.